The van der Waals surface area contributed by atoms with Crippen molar-refractivity contribution in [3.8, 4) is 0 Å². The number of ether oxygens (including phenoxy) is 1. The monoisotopic (exact) mass is 409 g/mol. The van der Waals surface area contributed by atoms with E-state index in [4.69, 9.17) is 4.74 Å². The summed E-state index contributed by atoms with van der Waals surface area (Å²) in [5.41, 5.74) is 2.72. The van der Waals surface area contributed by atoms with Crippen molar-refractivity contribution in [2.24, 2.45) is 0 Å². The first-order valence-corrected chi connectivity index (χ1v) is 11.8. The zero-order valence-electron chi connectivity index (χ0n) is 18.9. The molecule has 1 aliphatic rings. The first kappa shape index (κ1) is 23.0. The minimum absolute atomic E-state index is 0.0332. The van der Waals surface area contributed by atoms with Crippen molar-refractivity contribution in [2.75, 3.05) is 32.8 Å². The normalized spacial score (nSPS) is 18.1. The van der Waals surface area contributed by atoms with Crippen LogP contribution in [-0.4, -0.2) is 42.9 Å². The number of unbranched alkanes of at least 4 members (excludes halogenated alkanes) is 3. The molecule has 0 bridgehead atoms. The topological polar surface area (TPSA) is 32.7 Å². The van der Waals surface area contributed by atoms with E-state index in [1.807, 2.05) is 0 Å². The van der Waals surface area contributed by atoms with Gasteiger partial charge in [0.2, 0.25) is 0 Å². The maximum absolute atomic E-state index is 12.3. The number of aliphatic hydroxyl groups is 1. The van der Waals surface area contributed by atoms with Gasteiger partial charge in [0.15, 0.2) is 0 Å². The summed E-state index contributed by atoms with van der Waals surface area (Å²) in [7, 11) is 0. The van der Waals surface area contributed by atoms with Crippen molar-refractivity contribution in [3.05, 3.63) is 71.3 Å². The molecule has 3 rings (SSSR count). The van der Waals surface area contributed by atoms with Gasteiger partial charge in [-0.3, -0.25) is 4.90 Å². The van der Waals surface area contributed by atoms with Gasteiger partial charge >= 0.3 is 0 Å². The van der Waals surface area contributed by atoms with Crippen molar-refractivity contribution >= 4 is 0 Å². The lowest BCUT2D eigenvalue weighted by Crippen LogP contribution is -2.45. The summed E-state index contributed by atoms with van der Waals surface area (Å²) in [6.07, 6.45) is 6.47. The summed E-state index contributed by atoms with van der Waals surface area (Å²) in [6.45, 7) is 8.70. The molecule has 3 heteroatoms. The molecule has 164 valence electrons. The molecule has 0 radical (unpaired) electrons. The molecule has 0 aromatic heterocycles. The van der Waals surface area contributed by atoms with Crippen LogP contribution in [0.4, 0.5) is 0 Å². The van der Waals surface area contributed by atoms with Crippen LogP contribution in [0.1, 0.15) is 68.6 Å². The third-order valence-corrected chi connectivity index (χ3v) is 6.60. The van der Waals surface area contributed by atoms with E-state index in [2.05, 4.69) is 73.3 Å². The third-order valence-electron chi connectivity index (χ3n) is 6.60. The Morgan fingerprint density at radius 3 is 2.27 bits per heavy atom. The lowest BCUT2D eigenvalue weighted by Gasteiger charge is -2.41. The standard InChI is InChI=1S/C27H39NO2/c1-3-5-6-10-17-27(29,25-15-13-23(4-2)14-16-25)26(24-11-8-7-9-12-24)22-28-18-20-30-21-19-28/h7-9,11-16,26,29H,3-6,10,17-22H2,1-2H3/t26-,27+/m0/s1. The first-order valence-electron chi connectivity index (χ1n) is 11.8. The fraction of sp³-hybridized carbons (Fsp3) is 0.556. The Bertz CT molecular complexity index is 724. The fourth-order valence-electron chi connectivity index (χ4n) is 4.63. The van der Waals surface area contributed by atoms with Gasteiger partial charge in [-0.25, -0.2) is 0 Å². The van der Waals surface area contributed by atoms with Gasteiger partial charge in [-0.2, -0.15) is 0 Å². The largest absolute Gasteiger partial charge is 0.384 e. The number of morpholine rings is 1. The molecule has 2 aromatic rings. The van der Waals surface area contributed by atoms with Crippen LogP contribution >= 0.6 is 0 Å². The molecular formula is C27H39NO2. The molecule has 1 heterocycles. The zero-order valence-corrected chi connectivity index (χ0v) is 18.9. The molecule has 2 atom stereocenters. The van der Waals surface area contributed by atoms with Gasteiger partial charge in [0.05, 0.1) is 18.8 Å². The molecule has 0 unspecified atom stereocenters. The molecule has 2 aromatic carbocycles. The van der Waals surface area contributed by atoms with Crippen LogP contribution in [0, 0.1) is 0 Å². The van der Waals surface area contributed by atoms with E-state index >= 15 is 0 Å². The Labute approximate surface area is 183 Å². The summed E-state index contributed by atoms with van der Waals surface area (Å²) in [5.74, 6) is 0.0332. The average molecular weight is 410 g/mol. The summed E-state index contributed by atoms with van der Waals surface area (Å²) in [5, 5.41) is 12.3. The van der Waals surface area contributed by atoms with E-state index in [9.17, 15) is 5.11 Å². The van der Waals surface area contributed by atoms with Gasteiger partial charge in [0, 0.05) is 25.6 Å². The van der Waals surface area contributed by atoms with Crippen molar-refractivity contribution < 1.29 is 9.84 Å². The van der Waals surface area contributed by atoms with Gasteiger partial charge < -0.3 is 9.84 Å². The molecule has 0 amide bonds. The quantitative estimate of drug-likeness (QED) is 0.496. The molecule has 1 saturated heterocycles. The molecule has 1 aliphatic heterocycles. The first-order chi connectivity index (χ1) is 14.7. The number of nitrogens with zero attached hydrogens (tertiary/aromatic N) is 1. The van der Waals surface area contributed by atoms with E-state index < -0.39 is 5.60 Å². The molecule has 3 nitrogen and oxygen atoms in total. The zero-order chi connectivity index (χ0) is 21.2. The van der Waals surface area contributed by atoms with Crippen LogP contribution in [0.3, 0.4) is 0 Å². The highest BCUT2D eigenvalue weighted by atomic mass is 16.5. The maximum atomic E-state index is 12.3. The minimum Gasteiger partial charge on any atom is -0.384 e. The van der Waals surface area contributed by atoms with Crippen LogP contribution < -0.4 is 0 Å². The Morgan fingerprint density at radius 1 is 0.933 bits per heavy atom. The second kappa shape index (κ2) is 11.6. The summed E-state index contributed by atoms with van der Waals surface area (Å²) in [6, 6.07) is 19.3. The van der Waals surface area contributed by atoms with Crippen molar-refractivity contribution in [1.29, 1.82) is 0 Å². The Morgan fingerprint density at radius 2 is 1.63 bits per heavy atom. The Balaban J connectivity index is 1.95. The van der Waals surface area contributed by atoms with Gasteiger partial charge in [0.25, 0.3) is 0 Å². The van der Waals surface area contributed by atoms with E-state index in [1.54, 1.807) is 0 Å². The number of rotatable bonds is 11. The van der Waals surface area contributed by atoms with Crippen LogP contribution in [-0.2, 0) is 16.8 Å². The minimum atomic E-state index is -0.875. The number of benzene rings is 2. The molecule has 0 spiro atoms. The SMILES string of the molecule is CCCCCC[C@@](O)(c1ccc(CC)cc1)[C@@H](CN1CCOCC1)c1ccccc1. The second-order valence-electron chi connectivity index (χ2n) is 8.66. The highest BCUT2D eigenvalue weighted by Gasteiger charge is 2.40. The summed E-state index contributed by atoms with van der Waals surface area (Å²) < 4.78 is 5.57. The molecule has 0 saturated carbocycles. The lowest BCUT2D eigenvalue weighted by molar-refractivity contribution is -0.0296. The number of hydrogen-bond acceptors (Lipinski definition) is 3. The van der Waals surface area contributed by atoms with E-state index in [-0.39, 0.29) is 5.92 Å². The van der Waals surface area contributed by atoms with Crippen molar-refractivity contribution in [1.82, 2.24) is 4.90 Å². The Kier molecular flexibility index (Phi) is 8.92. The van der Waals surface area contributed by atoms with Gasteiger partial charge in [-0.1, -0.05) is 94.1 Å². The van der Waals surface area contributed by atoms with E-state index in [0.29, 0.717) is 0 Å². The van der Waals surface area contributed by atoms with E-state index in [0.717, 1.165) is 57.7 Å². The molecule has 30 heavy (non-hydrogen) atoms. The predicted molar refractivity (Wildman–Crippen MR) is 125 cm³/mol. The van der Waals surface area contributed by atoms with Crippen molar-refractivity contribution in [3.63, 3.8) is 0 Å². The molecular weight excluding hydrogens is 370 g/mol. The summed E-state index contributed by atoms with van der Waals surface area (Å²) in [4.78, 5) is 2.46. The average Bonchev–Trinajstić information content (AvgIpc) is 2.81. The smallest absolute Gasteiger partial charge is 0.0977 e. The number of aryl methyl sites for hydroxylation is 1. The van der Waals surface area contributed by atoms with Gasteiger partial charge in [0.1, 0.15) is 0 Å². The summed E-state index contributed by atoms with van der Waals surface area (Å²) >= 11 is 0. The van der Waals surface area contributed by atoms with Gasteiger partial charge in [-0.05, 0) is 29.5 Å². The molecule has 1 fully saturated rings. The lowest BCUT2D eigenvalue weighted by atomic mass is 9.73. The van der Waals surface area contributed by atoms with E-state index in [1.165, 1.54) is 30.4 Å². The van der Waals surface area contributed by atoms with Crippen molar-refractivity contribution in [2.45, 2.75) is 63.9 Å². The predicted octanol–water partition coefficient (Wildman–Crippen LogP) is 5.52. The van der Waals surface area contributed by atoms with Crippen LogP contribution in [0.15, 0.2) is 54.6 Å². The highest BCUT2D eigenvalue weighted by Crippen LogP contribution is 2.42. The van der Waals surface area contributed by atoms with Gasteiger partial charge in [-0.15, -0.1) is 0 Å². The highest BCUT2D eigenvalue weighted by molar-refractivity contribution is 5.33. The van der Waals surface area contributed by atoms with Crippen LogP contribution in [0.2, 0.25) is 0 Å². The second-order valence-corrected chi connectivity index (χ2v) is 8.66. The fourth-order valence-corrected chi connectivity index (χ4v) is 4.63. The third kappa shape index (κ3) is 5.94. The maximum Gasteiger partial charge on any atom is 0.0977 e. The molecule has 0 aliphatic carbocycles. The molecule has 1 N–H and O–H groups in total. The van der Waals surface area contributed by atoms with Crippen LogP contribution in [0.5, 0.6) is 0 Å². The Hall–Kier alpha value is -1.68. The number of hydrogen-bond donors (Lipinski definition) is 1. The van der Waals surface area contributed by atoms with Crippen LogP contribution in [0.25, 0.3) is 0 Å².